The monoisotopic (exact) mass is 285 g/mol. The van der Waals surface area contributed by atoms with Gasteiger partial charge < -0.3 is 15.6 Å². The lowest BCUT2D eigenvalue weighted by atomic mass is 10.2. The van der Waals surface area contributed by atoms with Crippen LogP contribution in [0.5, 0.6) is 11.5 Å². The SMILES string of the molecule is COc1ccc(C=NNC(=O)c2ccc(N)cc2)c(O)c1. The average Bonchev–Trinajstić information content (AvgIpc) is 2.49. The van der Waals surface area contributed by atoms with Gasteiger partial charge in [-0.1, -0.05) is 0 Å². The molecule has 0 radical (unpaired) electrons. The van der Waals surface area contributed by atoms with Gasteiger partial charge in [0.25, 0.3) is 5.91 Å². The standard InChI is InChI=1S/C15H15N3O3/c1-21-13-7-4-11(14(19)8-13)9-17-18-15(20)10-2-5-12(16)6-3-10/h2-9,19H,16H2,1H3,(H,18,20). The lowest BCUT2D eigenvalue weighted by Crippen LogP contribution is -2.17. The van der Waals surface area contributed by atoms with Gasteiger partial charge in [0.1, 0.15) is 11.5 Å². The zero-order chi connectivity index (χ0) is 15.2. The molecule has 6 nitrogen and oxygen atoms in total. The summed E-state index contributed by atoms with van der Waals surface area (Å²) in [4.78, 5) is 11.8. The molecule has 0 aliphatic heterocycles. The van der Waals surface area contributed by atoms with E-state index in [4.69, 9.17) is 10.5 Å². The topological polar surface area (TPSA) is 96.9 Å². The summed E-state index contributed by atoms with van der Waals surface area (Å²) in [5, 5.41) is 13.5. The van der Waals surface area contributed by atoms with Crippen molar-refractivity contribution in [3.63, 3.8) is 0 Å². The Morgan fingerprint density at radius 1 is 1.29 bits per heavy atom. The number of nitrogens with zero attached hydrogens (tertiary/aromatic N) is 1. The summed E-state index contributed by atoms with van der Waals surface area (Å²) in [6, 6.07) is 11.2. The van der Waals surface area contributed by atoms with Crippen molar-refractivity contribution in [3.05, 3.63) is 53.6 Å². The van der Waals surface area contributed by atoms with Gasteiger partial charge in [0.15, 0.2) is 0 Å². The number of carbonyl (C=O) groups excluding carboxylic acids is 1. The van der Waals surface area contributed by atoms with E-state index in [9.17, 15) is 9.90 Å². The number of nitrogen functional groups attached to an aromatic ring is 1. The number of nitrogens with two attached hydrogens (primary N) is 1. The Hall–Kier alpha value is -3.02. The van der Waals surface area contributed by atoms with Crippen molar-refractivity contribution in [2.24, 2.45) is 5.10 Å². The van der Waals surface area contributed by atoms with Crippen molar-refractivity contribution < 1.29 is 14.6 Å². The molecule has 0 bridgehead atoms. The third kappa shape index (κ3) is 3.73. The summed E-state index contributed by atoms with van der Waals surface area (Å²) in [6.45, 7) is 0. The van der Waals surface area contributed by atoms with Gasteiger partial charge in [0, 0.05) is 22.9 Å². The van der Waals surface area contributed by atoms with Crippen molar-refractivity contribution in [1.29, 1.82) is 0 Å². The fourth-order valence-electron chi connectivity index (χ4n) is 1.62. The van der Waals surface area contributed by atoms with E-state index in [0.29, 0.717) is 22.6 Å². The number of anilines is 1. The number of benzene rings is 2. The Labute approximate surface area is 121 Å². The number of carbonyl (C=O) groups is 1. The molecule has 0 saturated heterocycles. The van der Waals surface area contributed by atoms with Crippen LogP contribution in [0.3, 0.4) is 0 Å². The molecule has 21 heavy (non-hydrogen) atoms. The molecule has 6 heteroatoms. The van der Waals surface area contributed by atoms with Gasteiger partial charge in [-0.3, -0.25) is 4.79 Å². The van der Waals surface area contributed by atoms with Crippen molar-refractivity contribution in [2.45, 2.75) is 0 Å². The summed E-state index contributed by atoms with van der Waals surface area (Å²) in [5.74, 6) is 0.189. The predicted octanol–water partition coefficient (Wildman–Crippen LogP) is 1.75. The highest BCUT2D eigenvalue weighted by Crippen LogP contribution is 2.21. The maximum absolute atomic E-state index is 11.8. The molecule has 0 unspecified atom stereocenters. The van der Waals surface area contributed by atoms with Crippen LogP contribution in [0.2, 0.25) is 0 Å². The van der Waals surface area contributed by atoms with Crippen LogP contribution in [0.1, 0.15) is 15.9 Å². The normalized spacial score (nSPS) is 10.5. The van der Waals surface area contributed by atoms with Crippen molar-refractivity contribution in [1.82, 2.24) is 5.43 Å². The molecule has 0 saturated carbocycles. The summed E-state index contributed by atoms with van der Waals surface area (Å²) in [5.41, 5.74) is 9.41. The minimum atomic E-state index is -0.362. The molecular weight excluding hydrogens is 270 g/mol. The van der Waals surface area contributed by atoms with E-state index in [1.54, 1.807) is 36.4 Å². The van der Waals surface area contributed by atoms with Gasteiger partial charge in [0.2, 0.25) is 0 Å². The van der Waals surface area contributed by atoms with E-state index in [1.807, 2.05) is 0 Å². The third-order valence-corrected chi connectivity index (χ3v) is 2.78. The molecule has 0 heterocycles. The maximum atomic E-state index is 11.8. The number of hydrogen-bond donors (Lipinski definition) is 3. The number of nitrogens with one attached hydrogen (secondary N) is 1. The van der Waals surface area contributed by atoms with Gasteiger partial charge in [-0.2, -0.15) is 5.10 Å². The van der Waals surface area contributed by atoms with E-state index >= 15 is 0 Å². The van der Waals surface area contributed by atoms with E-state index in [2.05, 4.69) is 10.5 Å². The molecule has 2 aromatic carbocycles. The first-order valence-corrected chi connectivity index (χ1v) is 6.16. The van der Waals surface area contributed by atoms with Crippen LogP contribution in [-0.4, -0.2) is 24.3 Å². The molecular formula is C15H15N3O3. The first-order valence-electron chi connectivity index (χ1n) is 6.16. The van der Waals surface area contributed by atoms with Crippen LogP contribution in [0.15, 0.2) is 47.6 Å². The highest BCUT2D eigenvalue weighted by atomic mass is 16.5. The zero-order valence-electron chi connectivity index (χ0n) is 11.4. The highest BCUT2D eigenvalue weighted by Gasteiger charge is 2.04. The summed E-state index contributed by atoms with van der Waals surface area (Å²) < 4.78 is 4.98. The average molecular weight is 285 g/mol. The third-order valence-electron chi connectivity index (χ3n) is 2.78. The number of methoxy groups -OCH3 is 1. The molecule has 0 atom stereocenters. The van der Waals surface area contributed by atoms with Crippen molar-refractivity contribution in [3.8, 4) is 11.5 Å². The Morgan fingerprint density at radius 2 is 2.00 bits per heavy atom. The summed E-state index contributed by atoms with van der Waals surface area (Å²) in [7, 11) is 1.51. The molecule has 0 fully saturated rings. The molecule has 0 aliphatic carbocycles. The van der Waals surface area contributed by atoms with E-state index < -0.39 is 0 Å². The van der Waals surface area contributed by atoms with Crippen molar-refractivity contribution >= 4 is 17.8 Å². The molecule has 2 rings (SSSR count). The van der Waals surface area contributed by atoms with Gasteiger partial charge in [0.05, 0.1) is 13.3 Å². The number of hydrazone groups is 1. The highest BCUT2D eigenvalue weighted by molar-refractivity contribution is 5.95. The molecule has 0 aromatic heterocycles. The Balaban J connectivity index is 2.02. The van der Waals surface area contributed by atoms with E-state index in [-0.39, 0.29) is 11.7 Å². The van der Waals surface area contributed by atoms with Crippen LogP contribution in [-0.2, 0) is 0 Å². The lowest BCUT2D eigenvalue weighted by Gasteiger charge is -2.03. The molecule has 0 spiro atoms. The van der Waals surface area contributed by atoms with Gasteiger partial charge in [-0.15, -0.1) is 0 Å². The van der Waals surface area contributed by atoms with Gasteiger partial charge >= 0.3 is 0 Å². The predicted molar refractivity (Wildman–Crippen MR) is 80.6 cm³/mol. The number of hydrogen-bond acceptors (Lipinski definition) is 5. The molecule has 108 valence electrons. The fourth-order valence-corrected chi connectivity index (χ4v) is 1.62. The quantitative estimate of drug-likeness (QED) is 0.453. The van der Waals surface area contributed by atoms with Crippen LogP contribution in [0.25, 0.3) is 0 Å². The van der Waals surface area contributed by atoms with Gasteiger partial charge in [-0.25, -0.2) is 5.43 Å². The molecule has 4 N–H and O–H groups in total. The van der Waals surface area contributed by atoms with Crippen LogP contribution in [0, 0.1) is 0 Å². The molecule has 2 aromatic rings. The Morgan fingerprint density at radius 3 is 2.62 bits per heavy atom. The molecule has 0 aliphatic rings. The van der Waals surface area contributed by atoms with E-state index in [0.717, 1.165) is 0 Å². The zero-order valence-corrected chi connectivity index (χ0v) is 11.4. The smallest absolute Gasteiger partial charge is 0.271 e. The Bertz CT molecular complexity index is 666. The number of phenols is 1. The number of rotatable bonds is 4. The number of aromatic hydroxyl groups is 1. The van der Waals surface area contributed by atoms with Crippen LogP contribution < -0.4 is 15.9 Å². The maximum Gasteiger partial charge on any atom is 0.271 e. The summed E-state index contributed by atoms with van der Waals surface area (Å²) in [6.07, 6.45) is 1.35. The number of ether oxygens (including phenoxy) is 1. The lowest BCUT2D eigenvalue weighted by molar-refractivity contribution is 0.0955. The minimum absolute atomic E-state index is 0.0137. The van der Waals surface area contributed by atoms with E-state index in [1.165, 1.54) is 19.4 Å². The Kier molecular flexibility index (Phi) is 4.40. The van der Waals surface area contributed by atoms with Crippen LogP contribution >= 0.6 is 0 Å². The summed E-state index contributed by atoms with van der Waals surface area (Å²) >= 11 is 0. The number of phenolic OH excluding ortho intramolecular Hbond substituents is 1. The second-order valence-electron chi connectivity index (χ2n) is 4.25. The largest absolute Gasteiger partial charge is 0.507 e. The first kappa shape index (κ1) is 14.4. The second kappa shape index (κ2) is 6.42. The molecule has 1 amide bonds. The van der Waals surface area contributed by atoms with Gasteiger partial charge in [-0.05, 0) is 36.4 Å². The van der Waals surface area contributed by atoms with Crippen LogP contribution in [0.4, 0.5) is 5.69 Å². The first-order chi connectivity index (χ1) is 10.1. The fraction of sp³-hybridized carbons (Fsp3) is 0.0667. The minimum Gasteiger partial charge on any atom is -0.507 e. The van der Waals surface area contributed by atoms with Crippen molar-refractivity contribution in [2.75, 3.05) is 12.8 Å². The second-order valence-corrected chi connectivity index (χ2v) is 4.25. The number of amides is 1.